The molecular weight excluding hydrogens is 464 g/mol. The van der Waals surface area contributed by atoms with Crippen molar-refractivity contribution in [1.29, 1.82) is 0 Å². The highest BCUT2D eigenvalue weighted by Crippen LogP contribution is 2.60. The van der Waals surface area contributed by atoms with Crippen molar-refractivity contribution in [3.8, 4) is 5.75 Å². The van der Waals surface area contributed by atoms with Gasteiger partial charge in [0.05, 0.1) is 14.2 Å². The van der Waals surface area contributed by atoms with E-state index >= 15 is 0 Å². The Bertz CT molecular complexity index is 1010. The number of nitrogens with one attached hydrogen (secondary N) is 1. The van der Waals surface area contributed by atoms with Crippen LogP contribution in [0.3, 0.4) is 0 Å². The normalized spacial score (nSPS) is 33.3. The van der Waals surface area contributed by atoms with E-state index in [2.05, 4.69) is 5.32 Å². The van der Waals surface area contributed by atoms with E-state index in [1.54, 1.807) is 0 Å². The second-order valence-corrected chi connectivity index (χ2v) is 13.4. The van der Waals surface area contributed by atoms with E-state index in [1.807, 2.05) is 0 Å². The molecule has 0 radical (unpaired) electrons. The summed E-state index contributed by atoms with van der Waals surface area (Å²) in [6, 6.07) is 0. The average molecular weight is 497 g/mol. The lowest BCUT2D eigenvalue weighted by Crippen LogP contribution is -2.54. The minimum Gasteiger partial charge on any atom is -0.494 e. The van der Waals surface area contributed by atoms with Crippen LogP contribution >= 0.6 is 11.3 Å². The standard InChI is InChI=1S/C23H32N2O6S2/c1-30-19-18(20(26)31-2)13-32-21(19)33(28,29)25-4-3-14(12-25)11-24-22(27)23-8-15-5-16(9-23)7-17(6-15)10-23/h13-17H,3-12H2,1-2H3,(H,24,27). The average Bonchev–Trinajstić information content (AvgIpc) is 3.43. The van der Waals surface area contributed by atoms with Gasteiger partial charge < -0.3 is 14.8 Å². The Morgan fingerprint density at radius 2 is 1.79 bits per heavy atom. The van der Waals surface area contributed by atoms with Crippen LogP contribution in [0.2, 0.25) is 0 Å². The van der Waals surface area contributed by atoms with Crippen LogP contribution in [0.4, 0.5) is 0 Å². The molecule has 1 atom stereocenters. The molecule has 182 valence electrons. The molecule has 1 amide bonds. The molecule has 0 spiro atoms. The topological polar surface area (TPSA) is 102 Å². The van der Waals surface area contributed by atoms with Gasteiger partial charge in [-0.1, -0.05) is 0 Å². The molecule has 1 saturated heterocycles. The zero-order chi connectivity index (χ0) is 23.4. The van der Waals surface area contributed by atoms with Gasteiger partial charge in [0.2, 0.25) is 5.91 Å². The summed E-state index contributed by atoms with van der Waals surface area (Å²) in [5.74, 6) is 1.80. The molecule has 1 aromatic rings. The molecule has 1 N–H and O–H groups in total. The van der Waals surface area contributed by atoms with Gasteiger partial charge in [-0.3, -0.25) is 4.79 Å². The van der Waals surface area contributed by atoms with Gasteiger partial charge in [-0.2, -0.15) is 4.31 Å². The number of amides is 1. The first-order valence-electron chi connectivity index (χ1n) is 11.8. The number of methoxy groups -OCH3 is 2. The molecule has 4 saturated carbocycles. The monoisotopic (exact) mass is 496 g/mol. The first-order chi connectivity index (χ1) is 15.8. The van der Waals surface area contributed by atoms with Crippen molar-refractivity contribution in [3.63, 3.8) is 0 Å². The van der Waals surface area contributed by atoms with Crippen LogP contribution in [0.5, 0.6) is 5.75 Å². The lowest BCUT2D eigenvalue weighted by atomic mass is 9.49. The number of carbonyl (C=O) groups excluding carboxylic acids is 2. The van der Waals surface area contributed by atoms with Crippen molar-refractivity contribution in [2.24, 2.45) is 29.1 Å². The Balaban J connectivity index is 1.22. The number of sulfonamides is 1. The predicted octanol–water partition coefficient (Wildman–Crippen LogP) is 2.89. The van der Waals surface area contributed by atoms with E-state index in [0.29, 0.717) is 43.8 Å². The summed E-state index contributed by atoms with van der Waals surface area (Å²) in [5.41, 5.74) is -0.0737. The fourth-order valence-corrected chi connectivity index (χ4v) is 10.2. The van der Waals surface area contributed by atoms with Crippen LogP contribution in [-0.4, -0.2) is 58.5 Å². The second kappa shape index (κ2) is 8.53. The highest BCUT2D eigenvalue weighted by Gasteiger charge is 2.54. The van der Waals surface area contributed by atoms with Gasteiger partial charge in [0.25, 0.3) is 10.0 Å². The molecule has 6 rings (SSSR count). The predicted molar refractivity (Wildman–Crippen MR) is 123 cm³/mol. The van der Waals surface area contributed by atoms with Gasteiger partial charge in [0.1, 0.15) is 5.56 Å². The molecule has 5 aliphatic rings. The van der Waals surface area contributed by atoms with Gasteiger partial charge in [0.15, 0.2) is 9.96 Å². The smallest absolute Gasteiger partial charge is 0.342 e. The third-order valence-corrected chi connectivity index (χ3v) is 11.6. The Labute approximate surface area is 199 Å². The molecular formula is C23H32N2O6S2. The van der Waals surface area contributed by atoms with Crippen molar-refractivity contribution in [2.45, 2.75) is 49.2 Å². The van der Waals surface area contributed by atoms with Gasteiger partial charge in [-0.05, 0) is 68.6 Å². The quantitative estimate of drug-likeness (QED) is 0.583. The molecule has 4 aliphatic carbocycles. The van der Waals surface area contributed by atoms with Gasteiger partial charge in [0, 0.05) is 30.4 Å². The lowest BCUT2D eigenvalue weighted by molar-refractivity contribution is -0.146. The molecule has 8 nitrogen and oxygen atoms in total. The SMILES string of the molecule is COC(=O)c1csc(S(=O)(=O)N2CCC(CNC(=O)C34CC5CC(CC(C5)C3)C4)C2)c1OC. The van der Waals surface area contributed by atoms with E-state index in [1.165, 1.54) is 43.2 Å². The number of thiophene rings is 1. The fourth-order valence-electron chi connectivity index (χ4n) is 7.06. The van der Waals surface area contributed by atoms with E-state index < -0.39 is 16.0 Å². The summed E-state index contributed by atoms with van der Waals surface area (Å²) in [5, 5.41) is 4.65. The number of carbonyl (C=O) groups is 2. The maximum absolute atomic E-state index is 13.3. The molecule has 33 heavy (non-hydrogen) atoms. The van der Waals surface area contributed by atoms with Crippen LogP contribution in [-0.2, 0) is 19.6 Å². The number of rotatable bonds is 7. The molecule has 5 fully saturated rings. The number of hydrogen-bond acceptors (Lipinski definition) is 7. The highest BCUT2D eigenvalue weighted by molar-refractivity contribution is 7.91. The zero-order valence-electron chi connectivity index (χ0n) is 19.2. The van der Waals surface area contributed by atoms with Crippen molar-refractivity contribution < 1.29 is 27.5 Å². The maximum Gasteiger partial charge on any atom is 0.342 e. The summed E-state index contributed by atoms with van der Waals surface area (Å²) in [7, 11) is -1.21. The third kappa shape index (κ3) is 3.97. The number of hydrogen-bond donors (Lipinski definition) is 1. The highest BCUT2D eigenvalue weighted by atomic mass is 32.2. The van der Waals surface area contributed by atoms with Gasteiger partial charge in [-0.15, -0.1) is 11.3 Å². The number of ether oxygens (including phenoxy) is 2. The minimum absolute atomic E-state index is 0.0173. The Morgan fingerprint density at radius 3 is 2.36 bits per heavy atom. The molecule has 1 unspecified atom stereocenters. The second-order valence-electron chi connectivity index (χ2n) is 10.4. The third-order valence-electron chi connectivity index (χ3n) is 8.22. The molecule has 0 aromatic carbocycles. The van der Waals surface area contributed by atoms with Crippen LogP contribution in [0.1, 0.15) is 55.3 Å². The Kier molecular flexibility index (Phi) is 5.98. The first kappa shape index (κ1) is 23.1. The van der Waals surface area contributed by atoms with Crippen molar-refractivity contribution >= 4 is 33.2 Å². The van der Waals surface area contributed by atoms with E-state index in [9.17, 15) is 18.0 Å². The summed E-state index contributed by atoms with van der Waals surface area (Å²) in [6.07, 6.45) is 7.66. The van der Waals surface area contributed by atoms with Crippen LogP contribution < -0.4 is 10.1 Å². The molecule has 10 heteroatoms. The van der Waals surface area contributed by atoms with E-state index in [4.69, 9.17) is 9.47 Å². The molecule has 1 aromatic heterocycles. The summed E-state index contributed by atoms with van der Waals surface area (Å²) in [4.78, 5) is 25.2. The van der Waals surface area contributed by atoms with Crippen LogP contribution in [0.25, 0.3) is 0 Å². The summed E-state index contributed by atoms with van der Waals surface area (Å²) in [6.45, 7) is 1.23. The van der Waals surface area contributed by atoms with Crippen molar-refractivity contribution in [1.82, 2.24) is 9.62 Å². The molecule has 4 bridgehead atoms. The fraction of sp³-hybridized carbons (Fsp3) is 0.739. The zero-order valence-corrected chi connectivity index (χ0v) is 20.8. The number of esters is 1. The maximum atomic E-state index is 13.3. The minimum atomic E-state index is -3.80. The van der Waals surface area contributed by atoms with Crippen molar-refractivity contribution in [3.05, 3.63) is 10.9 Å². The largest absolute Gasteiger partial charge is 0.494 e. The van der Waals surface area contributed by atoms with Gasteiger partial charge >= 0.3 is 5.97 Å². The Hall–Kier alpha value is -1.65. The summed E-state index contributed by atoms with van der Waals surface area (Å²) < 4.78 is 38.0. The lowest BCUT2D eigenvalue weighted by Gasteiger charge is -2.55. The van der Waals surface area contributed by atoms with Crippen LogP contribution in [0, 0.1) is 29.1 Å². The Morgan fingerprint density at radius 1 is 1.15 bits per heavy atom. The van der Waals surface area contributed by atoms with Crippen molar-refractivity contribution in [2.75, 3.05) is 33.9 Å². The first-order valence-corrected chi connectivity index (χ1v) is 14.1. The summed E-state index contributed by atoms with van der Waals surface area (Å²) >= 11 is 0.965. The molecule has 2 heterocycles. The number of nitrogens with zero attached hydrogens (tertiary/aromatic N) is 1. The van der Waals surface area contributed by atoms with Crippen LogP contribution in [0.15, 0.2) is 9.59 Å². The molecule has 1 aliphatic heterocycles. The van der Waals surface area contributed by atoms with Gasteiger partial charge in [-0.25, -0.2) is 13.2 Å². The van der Waals surface area contributed by atoms with E-state index in [-0.39, 0.29) is 32.8 Å². The van der Waals surface area contributed by atoms with E-state index in [0.717, 1.165) is 30.6 Å².